The molecule has 0 radical (unpaired) electrons. The smallest absolute Gasteiger partial charge is 0.372 e. The minimum absolute atomic E-state index is 0.107. The van der Waals surface area contributed by atoms with Crippen LogP contribution in [-0.4, -0.2) is 47.9 Å². The second-order valence-electron chi connectivity index (χ2n) is 8.76. The van der Waals surface area contributed by atoms with E-state index in [1.165, 1.54) is 18.3 Å². The first-order chi connectivity index (χ1) is 16.2. The van der Waals surface area contributed by atoms with Gasteiger partial charge >= 0.3 is 6.18 Å². The van der Waals surface area contributed by atoms with Gasteiger partial charge < -0.3 is 15.5 Å². The number of hydrogen-bond acceptors (Lipinski definition) is 5. The Morgan fingerprint density at radius 1 is 1.12 bits per heavy atom. The molecule has 2 N–H and O–H groups in total. The van der Waals surface area contributed by atoms with Gasteiger partial charge in [0.2, 0.25) is 5.91 Å². The molecule has 34 heavy (non-hydrogen) atoms. The maximum atomic E-state index is 13.3. The molecule has 0 spiro atoms. The molecule has 0 unspecified atom stereocenters. The molecule has 2 aromatic rings. The van der Waals surface area contributed by atoms with Gasteiger partial charge in [-0.2, -0.15) is 18.4 Å². The van der Waals surface area contributed by atoms with Crippen LogP contribution < -0.4 is 10.6 Å². The third-order valence-corrected chi connectivity index (χ3v) is 6.84. The zero-order valence-corrected chi connectivity index (χ0v) is 18.3. The highest BCUT2D eigenvalue weighted by atomic mass is 19.4. The van der Waals surface area contributed by atoms with Gasteiger partial charge in [0.25, 0.3) is 5.91 Å². The van der Waals surface area contributed by atoms with Crippen LogP contribution in [0.2, 0.25) is 0 Å². The summed E-state index contributed by atoms with van der Waals surface area (Å²) in [6.07, 6.45) is -1.76. The number of amides is 2. The Balaban J connectivity index is 1.45. The molecule has 7 nitrogen and oxygen atoms in total. The van der Waals surface area contributed by atoms with E-state index in [1.807, 2.05) is 4.90 Å². The number of benzene rings is 1. The number of nitrogens with zero attached hydrogens (tertiary/aromatic N) is 4. The van der Waals surface area contributed by atoms with E-state index in [0.29, 0.717) is 43.9 Å². The van der Waals surface area contributed by atoms with E-state index in [0.717, 1.165) is 6.07 Å². The van der Waals surface area contributed by atoms with Crippen molar-refractivity contribution in [2.45, 2.75) is 19.0 Å². The average molecular weight is 471 g/mol. The van der Waals surface area contributed by atoms with Gasteiger partial charge in [0.05, 0.1) is 23.1 Å². The Hall–Kier alpha value is -3.61. The molecule has 0 aliphatic carbocycles. The molecular weight excluding hydrogens is 447 g/mol. The molecule has 2 saturated heterocycles. The summed E-state index contributed by atoms with van der Waals surface area (Å²) in [5.41, 5.74) is 5.04. The van der Waals surface area contributed by atoms with Gasteiger partial charge in [-0.05, 0) is 55.0 Å². The maximum Gasteiger partial charge on any atom is 0.417 e. The van der Waals surface area contributed by atoms with Gasteiger partial charge in [0, 0.05) is 38.1 Å². The number of nitrogens with two attached hydrogens (primary N) is 1. The van der Waals surface area contributed by atoms with Crippen LogP contribution in [0.3, 0.4) is 0 Å². The van der Waals surface area contributed by atoms with E-state index < -0.39 is 29.1 Å². The molecule has 2 aliphatic heterocycles. The van der Waals surface area contributed by atoms with Crippen molar-refractivity contribution < 1.29 is 22.8 Å². The van der Waals surface area contributed by atoms with Crippen molar-refractivity contribution in [3.63, 3.8) is 0 Å². The highest BCUT2D eigenvalue weighted by molar-refractivity contribution is 5.93. The van der Waals surface area contributed by atoms with Crippen molar-refractivity contribution in [1.29, 1.82) is 5.26 Å². The van der Waals surface area contributed by atoms with Crippen LogP contribution in [0.15, 0.2) is 42.6 Å². The van der Waals surface area contributed by atoms with E-state index >= 15 is 0 Å². The number of primary amides is 1. The molecule has 178 valence electrons. The molecule has 0 saturated carbocycles. The van der Waals surface area contributed by atoms with Gasteiger partial charge in [-0.25, -0.2) is 0 Å². The zero-order valence-electron chi connectivity index (χ0n) is 18.3. The van der Waals surface area contributed by atoms with Crippen molar-refractivity contribution in [3.8, 4) is 6.07 Å². The lowest BCUT2D eigenvalue weighted by Crippen LogP contribution is -2.40. The Morgan fingerprint density at radius 3 is 2.44 bits per heavy atom. The number of anilines is 1. The number of rotatable bonds is 4. The summed E-state index contributed by atoms with van der Waals surface area (Å²) in [6, 6.07) is 10.4. The molecule has 0 bridgehead atoms. The van der Waals surface area contributed by atoms with Crippen LogP contribution in [0.25, 0.3) is 0 Å². The van der Waals surface area contributed by atoms with E-state index in [1.54, 1.807) is 29.2 Å². The summed E-state index contributed by atoms with van der Waals surface area (Å²) in [5, 5.41) is 9.01. The highest BCUT2D eigenvalue weighted by Gasteiger charge is 2.43. The fourth-order valence-electron chi connectivity index (χ4n) is 5.07. The number of pyridine rings is 1. The minimum Gasteiger partial charge on any atom is -0.372 e. The molecule has 1 aromatic carbocycles. The number of carbonyl (C=O) groups excluding carboxylic acids is 2. The Kier molecular flexibility index (Phi) is 6.46. The lowest BCUT2D eigenvalue weighted by atomic mass is 9.78. The topological polar surface area (TPSA) is 103 Å². The fraction of sp³-hybridized carbons (Fsp3) is 0.417. The summed E-state index contributed by atoms with van der Waals surface area (Å²) in [5.74, 6) is -1.18. The highest BCUT2D eigenvalue weighted by Crippen LogP contribution is 2.39. The van der Waals surface area contributed by atoms with Gasteiger partial charge in [0.15, 0.2) is 0 Å². The standard InChI is InChI=1S/C24H24F3N5O2/c25-24(26,27)20-11-17(5-4-16(20)12-28)31-9-6-15(7-10-31)18-13-32(14-19(18)22(29)33)23(34)21-3-1-2-8-30-21/h1-5,8,11,15,18-19H,6-7,9-10,13-14H2,(H2,29,33)/t18-,19+/m0/s1. The third kappa shape index (κ3) is 4.69. The molecule has 2 fully saturated rings. The molecular formula is C24H24F3N5O2. The normalized spacial score (nSPS) is 21.4. The Labute approximate surface area is 195 Å². The van der Waals surface area contributed by atoms with E-state index in [2.05, 4.69) is 4.98 Å². The van der Waals surface area contributed by atoms with Crippen molar-refractivity contribution in [2.75, 3.05) is 31.1 Å². The summed E-state index contributed by atoms with van der Waals surface area (Å²) in [4.78, 5) is 32.6. The molecule has 2 amide bonds. The molecule has 4 rings (SSSR count). The first-order valence-electron chi connectivity index (χ1n) is 11.0. The first kappa shape index (κ1) is 23.5. The number of likely N-dealkylation sites (tertiary alicyclic amines) is 1. The molecule has 1 aromatic heterocycles. The van der Waals surface area contributed by atoms with Gasteiger partial charge in [0.1, 0.15) is 5.69 Å². The largest absolute Gasteiger partial charge is 0.417 e. The predicted octanol–water partition coefficient (Wildman–Crippen LogP) is 3.06. The van der Waals surface area contributed by atoms with Crippen LogP contribution in [-0.2, 0) is 11.0 Å². The quantitative estimate of drug-likeness (QED) is 0.738. The summed E-state index contributed by atoms with van der Waals surface area (Å²) < 4.78 is 40.0. The third-order valence-electron chi connectivity index (χ3n) is 6.84. The molecule has 2 aliphatic rings. The van der Waals surface area contributed by atoms with Crippen molar-refractivity contribution in [3.05, 3.63) is 59.4 Å². The van der Waals surface area contributed by atoms with Crippen LogP contribution >= 0.6 is 0 Å². The number of nitriles is 1. The van der Waals surface area contributed by atoms with E-state index in [9.17, 15) is 22.8 Å². The molecule has 10 heteroatoms. The maximum absolute atomic E-state index is 13.3. The van der Waals surface area contributed by atoms with Crippen molar-refractivity contribution >= 4 is 17.5 Å². The minimum atomic E-state index is -4.61. The van der Waals surface area contributed by atoms with E-state index in [-0.39, 0.29) is 24.3 Å². The second kappa shape index (κ2) is 9.33. The molecule has 2 atom stereocenters. The number of carbonyl (C=O) groups is 2. The van der Waals surface area contributed by atoms with Gasteiger partial charge in [-0.1, -0.05) is 6.07 Å². The van der Waals surface area contributed by atoms with Crippen LogP contribution in [0, 0.1) is 29.1 Å². The number of alkyl halides is 3. The molecule has 3 heterocycles. The summed E-state index contributed by atoms with van der Waals surface area (Å²) >= 11 is 0. The second-order valence-corrected chi connectivity index (χ2v) is 8.76. The fourth-order valence-corrected chi connectivity index (χ4v) is 5.07. The van der Waals surface area contributed by atoms with Crippen LogP contribution in [0.1, 0.15) is 34.5 Å². The SMILES string of the molecule is N#Cc1ccc(N2CCC([C@@H]3CN(C(=O)c4ccccn4)C[C@H]3C(N)=O)CC2)cc1C(F)(F)F. The van der Waals surface area contributed by atoms with Gasteiger partial charge in [-0.3, -0.25) is 14.6 Å². The number of aromatic nitrogens is 1. The predicted molar refractivity (Wildman–Crippen MR) is 117 cm³/mol. The number of piperidine rings is 1. The summed E-state index contributed by atoms with van der Waals surface area (Å²) in [6.45, 7) is 1.64. The summed E-state index contributed by atoms with van der Waals surface area (Å²) in [7, 11) is 0. The number of hydrogen-bond donors (Lipinski definition) is 1. The van der Waals surface area contributed by atoms with Crippen LogP contribution in [0.5, 0.6) is 0 Å². The van der Waals surface area contributed by atoms with Gasteiger partial charge in [-0.15, -0.1) is 0 Å². The number of halogens is 3. The zero-order chi connectivity index (χ0) is 24.5. The average Bonchev–Trinajstić information content (AvgIpc) is 3.29. The monoisotopic (exact) mass is 471 g/mol. The lowest BCUT2D eigenvalue weighted by Gasteiger charge is -2.37. The van der Waals surface area contributed by atoms with E-state index in [4.69, 9.17) is 11.0 Å². The van der Waals surface area contributed by atoms with Crippen LogP contribution in [0.4, 0.5) is 18.9 Å². The van der Waals surface area contributed by atoms with Crippen molar-refractivity contribution in [1.82, 2.24) is 9.88 Å². The van der Waals surface area contributed by atoms with Crippen molar-refractivity contribution in [2.24, 2.45) is 23.5 Å². The first-order valence-corrected chi connectivity index (χ1v) is 11.0. The lowest BCUT2D eigenvalue weighted by molar-refractivity contribution is -0.137. The Bertz CT molecular complexity index is 1110. The Morgan fingerprint density at radius 2 is 1.85 bits per heavy atom.